The van der Waals surface area contributed by atoms with Crippen LogP contribution in [0.3, 0.4) is 0 Å². The van der Waals surface area contributed by atoms with Gasteiger partial charge >= 0.3 is 18.0 Å². The molecule has 26 heavy (non-hydrogen) atoms. The molecule has 2 amide bonds. The largest absolute Gasteiger partial charge is 0.480 e. The van der Waals surface area contributed by atoms with E-state index in [0.717, 1.165) is 17.7 Å². The van der Waals surface area contributed by atoms with E-state index in [2.05, 4.69) is 15.6 Å². The fourth-order valence-electron chi connectivity index (χ4n) is 2.80. The molecular weight excluding hydrogens is 360 g/mol. The Hall–Kier alpha value is -2.20. The molecule has 1 heterocycles. The van der Waals surface area contributed by atoms with Gasteiger partial charge in [0.15, 0.2) is 5.13 Å². The number of anilines is 1. The fraction of sp³-hybridized carbons (Fsp3) is 0.625. The zero-order valence-electron chi connectivity index (χ0n) is 14.9. The van der Waals surface area contributed by atoms with Gasteiger partial charge in [0.2, 0.25) is 0 Å². The molecule has 0 aliphatic heterocycles. The lowest BCUT2D eigenvalue weighted by molar-refractivity contribution is -0.142. The second kappa shape index (κ2) is 9.48. The van der Waals surface area contributed by atoms with Crippen LogP contribution in [0, 0.1) is 0 Å². The number of aromatic nitrogens is 1. The van der Waals surface area contributed by atoms with Crippen molar-refractivity contribution in [2.45, 2.75) is 45.2 Å². The van der Waals surface area contributed by atoms with Gasteiger partial charge in [0.05, 0.1) is 19.6 Å². The zero-order valence-corrected chi connectivity index (χ0v) is 15.7. The minimum atomic E-state index is -0.844. The summed E-state index contributed by atoms with van der Waals surface area (Å²) >= 11 is 1.23. The van der Waals surface area contributed by atoms with Crippen LogP contribution in [0.1, 0.15) is 31.6 Å². The average Bonchev–Trinajstić information content (AvgIpc) is 2.95. The number of thiazole rings is 1. The Kier molecular flexibility index (Phi) is 7.34. The Bertz CT molecular complexity index is 644. The smallest absolute Gasteiger partial charge is 0.321 e. The summed E-state index contributed by atoms with van der Waals surface area (Å²) in [6.07, 6.45) is 3.12. The highest BCUT2D eigenvalue weighted by atomic mass is 32.1. The second-order valence-electron chi connectivity index (χ2n) is 5.99. The van der Waals surface area contributed by atoms with E-state index in [9.17, 15) is 14.4 Å². The first-order chi connectivity index (χ1) is 12.4. The van der Waals surface area contributed by atoms with E-state index in [0.29, 0.717) is 18.3 Å². The van der Waals surface area contributed by atoms with Crippen molar-refractivity contribution in [1.82, 2.24) is 15.2 Å². The van der Waals surface area contributed by atoms with Gasteiger partial charge in [0.1, 0.15) is 0 Å². The number of likely N-dealkylation sites (N-methyl/N-ethyl adjacent to an activating group) is 1. The molecule has 3 N–H and O–H groups in total. The zero-order chi connectivity index (χ0) is 19.1. The maximum Gasteiger partial charge on any atom is 0.321 e. The lowest BCUT2D eigenvalue weighted by Crippen LogP contribution is -2.55. The molecule has 0 unspecified atom stereocenters. The van der Waals surface area contributed by atoms with Crippen molar-refractivity contribution in [1.29, 1.82) is 0 Å². The quantitative estimate of drug-likeness (QED) is 0.549. The van der Waals surface area contributed by atoms with Crippen LogP contribution in [0.2, 0.25) is 0 Å². The number of esters is 1. The summed E-state index contributed by atoms with van der Waals surface area (Å²) in [5, 5.41) is 14.8. The maximum absolute atomic E-state index is 12.0. The average molecular weight is 384 g/mol. The number of amides is 2. The second-order valence-corrected chi connectivity index (χ2v) is 7.11. The topological polar surface area (TPSA) is 121 Å². The maximum atomic E-state index is 12.0. The molecule has 2 rings (SSSR count). The van der Waals surface area contributed by atoms with Crippen LogP contribution < -0.4 is 10.6 Å². The molecule has 10 heteroatoms. The van der Waals surface area contributed by atoms with Crippen LogP contribution in [0.25, 0.3) is 0 Å². The lowest BCUT2D eigenvalue weighted by atomic mass is 9.85. The summed E-state index contributed by atoms with van der Waals surface area (Å²) < 4.78 is 4.87. The van der Waals surface area contributed by atoms with Gasteiger partial charge in [-0.15, -0.1) is 11.3 Å². The molecule has 144 valence electrons. The highest BCUT2D eigenvalue weighted by molar-refractivity contribution is 7.15. The van der Waals surface area contributed by atoms with Crippen molar-refractivity contribution in [2.24, 2.45) is 0 Å². The van der Waals surface area contributed by atoms with E-state index in [-0.39, 0.29) is 37.0 Å². The highest BCUT2D eigenvalue weighted by Gasteiger charge is 2.34. The summed E-state index contributed by atoms with van der Waals surface area (Å²) in [4.78, 5) is 41.0. The van der Waals surface area contributed by atoms with Crippen molar-refractivity contribution < 1.29 is 24.2 Å². The predicted octanol–water partition coefficient (Wildman–Crippen LogP) is 1.31. The number of carboxylic acid groups (broad SMARTS) is 1. The number of hydrogen-bond donors (Lipinski definition) is 3. The minimum Gasteiger partial charge on any atom is -0.480 e. The van der Waals surface area contributed by atoms with Gasteiger partial charge in [-0.2, -0.15) is 0 Å². The Morgan fingerprint density at radius 1 is 1.38 bits per heavy atom. The number of aliphatic carboxylic acids is 1. The number of carbonyl (C=O) groups excluding carboxylic acids is 2. The van der Waals surface area contributed by atoms with Crippen LogP contribution in [0.15, 0.2) is 6.20 Å². The molecular formula is C16H24N4O5S. The SMILES string of the molecule is CCOC(=O)Cc1cnc(NC(=O)NC2CC(N(CC)CC(=O)O)C2)s1. The first-order valence-electron chi connectivity index (χ1n) is 8.54. The number of rotatable bonds is 9. The van der Waals surface area contributed by atoms with E-state index < -0.39 is 5.97 Å². The number of ether oxygens (including phenoxy) is 1. The number of carbonyl (C=O) groups is 3. The van der Waals surface area contributed by atoms with Crippen molar-refractivity contribution in [3.63, 3.8) is 0 Å². The number of hydrogen-bond acceptors (Lipinski definition) is 7. The molecule has 0 radical (unpaired) electrons. The third-order valence-corrected chi connectivity index (χ3v) is 5.02. The first kappa shape index (κ1) is 20.1. The molecule has 1 saturated carbocycles. The summed E-state index contributed by atoms with van der Waals surface area (Å²) in [5.41, 5.74) is 0. The van der Waals surface area contributed by atoms with Crippen molar-refractivity contribution >= 4 is 34.4 Å². The van der Waals surface area contributed by atoms with E-state index in [1.165, 1.54) is 11.3 Å². The minimum absolute atomic E-state index is 0.0156. The summed E-state index contributed by atoms with van der Waals surface area (Å²) in [6.45, 7) is 4.68. The Morgan fingerprint density at radius 3 is 2.73 bits per heavy atom. The van der Waals surface area contributed by atoms with Gasteiger partial charge in [-0.3, -0.25) is 19.8 Å². The third-order valence-electron chi connectivity index (χ3n) is 4.11. The third kappa shape index (κ3) is 5.95. The molecule has 1 aromatic heterocycles. The fourth-order valence-corrected chi connectivity index (χ4v) is 3.59. The lowest BCUT2D eigenvalue weighted by Gasteiger charge is -2.42. The Balaban J connectivity index is 1.72. The number of nitrogens with one attached hydrogen (secondary N) is 2. The number of carboxylic acids is 1. The van der Waals surface area contributed by atoms with Crippen molar-refractivity contribution in [3.05, 3.63) is 11.1 Å². The van der Waals surface area contributed by atoms with Gasteiger partial charge in [0, 0.05) is 23.2 Å². The molecule has 9 nitrogen and oxygen atoms in total. The first-order valence-corrected chi connectivity index (χ1v) is 9.36. The van der Waals surface area contributed by atoms with E-state index >= 15 is 0 Å². The molecule has 0 atom stereocenters. The van der Waals surface area contributed by atoms with Crippen LogP contribution >= 0.6 is 11.3 Å². The van der Waals surface area contributed by atoms with Crippen LogP contribution in [-0.4, -0.2) is 64.7 Å². The van der Waals surface area contributed by atoms with Crippen molar-refractivity contribution in [3.8, 4) is 0 Å². The van der Waals surface area contributed by atoms with Gasteiger partial charge in [-0.25, -0.2) is 9.78 Å². The molecule has 1 aliphatic rings. The highest BCUT2D eigenvalue weighted by Crippen LogP contribution is 2.26. The van der Waals surface area contributed by atoms with Crippen LogP contribution in [0.5, 0.6) is 0 Å². The standard InChI is InChI=1S/C16H24N4O5S/c1-3-20(9-13(21)22)11-5-10(6-11)18-15(24)19-16-17-8-12(26-16)7-14(23)25-4-2/h8,10-11H,3-7,9H2,1-2H3,(H,21,22)(H2,17,18,19,24). The summed E-state index contributed by atoms with van der Waals surface area (Å²) in [6, 6.07) is -0.161. The Labute approximate surface area is 155 Å². The summed E-state index contributed by atoms with van der Waals surface area (Å²) in [7, 11) is 0. The molecule has 1 fully saturated rings. The van der Waals surface area contributed by atoms with Gasteiger partial charge in [0.25, 0.3) is 0 Å². The van der Waals surface area contributed by atoms with Gasteiger partial charge in [-0.05, 0) is 26.3 Å². The van der Waals surface area contributed by atoms with Gasteiger partial charge in [-0.1, -0.05) is 6.92 Å². The molecule has 0 spiro atoms. The van der Waals surface area contributed by atoms with Crippen LogP contribution in [-0.2, 0) is 20.7 Å². The number of urea groups is 1. The molecule has 0 aromatic carbocycles. The summed E-state index contributed by atoms with van der Waals surface area (Å²) in [5.74, 6) is -1.17. The van der Waals surface area contributed by atoms with Crippen molar-refractivity contribution in [2.75, 3.05) is 25.0 Å². The number of nitrogens with zero attached hydrogens (tertiary/aromatic N) is 2. The van der Waals surface area contributed by atoms with E-state index in [4.69, 9.17) is 9.84 Å². The molecule has 0 bridgehead atoms. The normalized spacial score (nSPS) is 18.9. The van der Waals surface area contributed by atoms with Gasteiger partial charge < -0.3 is 15.2 Å². The molecule has 1 aromatic rings. The predicted molar refractivity (Wildman–Crippen MR) is 96.3 cm³/mol. The van der Waals surface area contributed by atoms with Crippen LogP contribution in [0.4, 0.5) is 9.93 Å². The molecule has 0 saturated heterocycles. The van der Waals surface area contributed by atoms with E-state index in [1.807, 2.05) is 11.8 Å². The monoisotopic (exact) mass is 384 g/mol. The van der Waals surface area contributed by atoms with E-state index in [1.54, 1.807) is 13.1 Å². The molecule has 1 aliphatic carbocycles. The Morgan fingerprint density at radius 2 is 2.12 bits per heavy atom.